The predicted octanol–water partition coefficient (Wildman–Crippen LogP) is 2.67. The van der Waals surface area contributed by atoms with Crippen molar-refractivity contribution in [1.82, 2.24) is 27.4 Å². The number of benzene rings is 4. The summed E-state index contributed by atoms with van der Waals surface area (Å²) >= 11 is 3.90. The molecule has 30 heteroatoms. The number of fused-ring (bicyclic) bond motifs is 2. The number of aliphatic hydroxyl groups is 1. The maximum atomic E-state index is 15.0. The number of hydrogen-bond acceptors (Lipinski definition) is 15. The number of hydrogen-bond donors (Lipinski definition) is 5. The maximum absolute atomic E-state index is 15.0. The van der Waals surface area contributed by atoms with Crippen LogP contribution >= 0.6 is 45.2 Å². The van der Waals surface area contributed by atoms with Crippen LogP contribution in [0.5, 0.6) is 0 Å². The first-order valence-corrected chi connectivity index (χ1v) is 31.1. The van der Waals surface area contributed by atoms with Gasteiger partial charge in [-0.2, -0.15) is 0 Å². The van der Waals surface area contributed by atoms with Gasteiger partial charge in [0, 0.05) is 72.5 Å². The summed E-state index contributed by atoms with van der Waals surface area (Å²) in [5, 5.41) is 22.9. The second-order valence-corrected chi connectivity index (χ2v) is 25.9. The number of anilines is 6. The topological polar surface area (TPSA) is 301 Å². The predicted molar refractivity (Wildman–Crippen MR) is 339 cm³/mol. The molecule has 5 N–H and O–H groups in total. The third kappa shape index (κ3) is 18.1. The average molecular weight is 1470 g/mol. The zero-order valence-electron chi connectivity index (χ0n) is 48.8. The van der Waals surface area contributed by atoms with E-state index in [1.807, 2.05) is 45.2 Å². The van der Waals surface area contributed by atoms with E-state index in [4.69, 9.17) is 9.84 Å². The van der Waals surface area contributed by atoms with Gasteiger partial charge in [-0.05, 0) is 145 Å². The van der Waals surface area contributed by atoms with Gasteiger partial charge < -0.3 is 25.6 Å². The number of nitrogens with one attached hydrogen (secondary N) is 4. The van der Waals surface area contributed by atoms with Gasteiger partial charge in [0.05, 0.1) is 52.2 Å². The Bertz CT molecular complexity index is 4430. The van der Waals surface area contributed by atoms with E-state index < -0.39 is 70.9 Å². The standard InChI is InChI=1S/2C23H21FIN5O5S.C4H8O.C4H9O.CH4O.K/c1-12-19-18(20(28(2)21(12)31)26-17-9-8-13(25)10-16(17)24)22(32)29(3)23(33)30(19)15-7-5-6-14(11-15)27-36(4,34)35;1-12-19(26-14-6-5-7-15(11-14)27-36(4,34)35)18-20(28(2)21(12)31)30(23(33)29(3)22(18)32)17-9-8-13(25)10-16(17)24;1-2-4-5-3-1;1-4(2,3)5;1-2;/h2*5-11,26-27H,1-4H3;1-4H2;1-3H3;2H,1H3;/q;;;-1;;+1. The molecule has 0 aliphatic carbocycles. The second kappa shape index (κ2) is 30.0. The van der Waals surface area contributed by atoms with Crippen molar-refractivity contribution >= 4 is 121 Å². The molecular weight excluding hydrogens is 1400 g/mol. The van der Waals surface area contributed by atoms with Gasteiger partial charge in [-0.15, -0.1) is 5.60 Å². The van der Waals surface area contributed by atoms with E-state index in [1.165, 1.54) is 114 Å². The third-order valence-corrected chi connectivity index (χ3v) is 14.6. The summed E-state index contributed by atoms with van der Waals surface area (Å²) in [6.07, 6.45) is 4.56. The van der Waals surface area contributed by atoms with Crippen LogP contribution in [-0.4, -0.2) is 87.8 Å². The number of aryl methyl sites for hydroxylation is 2. The molecule has 0 atom stereocenters. The van der Waals surface area contributed by atoms with Crippen molar-refractivity contribution in [3.63, 3.8) is 0 Å². The summed E-state index contributed by atoms with van der Waals surface area (Å²) in [5.41, 5.74) is -3.43. The molecule has 1 aliphatic heterocycles. The fraction of sp³-hybridized carbons (Fsp3) is 0.309. The molecule has 1 aliphatic rings. The number of rotatable bonds is 10. The Labute approximate surface area is 557 Å². The van der Waals surface area contributed by atoms with Crippen molar-refractivity contribution in [2.45, 2.75) is 53.1 Å². The molecule has 4 aromatic carbocycles. The summed E-state index contributed by atoms with van der Waals surface area (Å²) in [5.74, 6) is -1.29. The molecular formula is C55H63F2I2KN10O13S2. The molecule has 85 heavy (non-hydrogen) atoms. The average Bonchev–Trinajstić information content (AvgIpc) is 2.29. The number of nitrogens with zero attached hydrogens (tertiary/aromatic N) is 6. The van der Waals surface area contributed by atoms with E-state index >= 15 is 4.39 Å². The Kier molecular flexibility index (Phi) is 25.4. The number of pyridine rings is 2. The minimum absolute atomic E-state index is 0. The first kappa shape index (κ1) is 72.1. The van der Waals surface area contributed by atoms with Gasteiger partial charge in [-0.25, -0.2) is 39.8 Å². The molecule has 452 valence electrons. The number of ether oxygens (including phenoxy) is 1. The maximum Gasteiger partial charge on any atom is 1.00 e. The molecule has 0 amide bonds. The van der Waals surface area contributed by atoms with Crippen LogP contribution in [0.4, 0.5) is 43.0 Å². The molecule has 1 fully saturated rings. The van der Waals surface area contributed by atoms with Crippen molar-refractivity contribution in [3.05, 3.63) is 177 Å². The van der Waals surface area contributed by atoms with Crippen molar-refractivity contribution < 1.29 is 92.0 Å². The van der Waals surface area contributed by atoms with Gasteiger partial charge in [0.25, 0.3) is 22.2 Å². The molecule has 0 unspecified atom stereocenters. The fourth-order valence-corrected chi connectivity index (χ4v) is 10.4. The van der Waals surface area contributed by atoms with E-state index in [9.17, 15) is 55.1 Å². The van der Waals surface area contributed by atoms with Crippen LogP contribution in [0.2, 0.25) is 0 Å². The van der Waals surface area contributed by atoms with Crippen LogP contribution in [-0.2, 0) is 53.0 Å². The minimum Gasteiger partial charge on any atom is -0.850 e. The summed E-state index contributed by atoms with van der Waals surface area (Å²) < 4.78 is 93.5. The fourth-order valence-electron chi connectivity index (χ4n) is 8.38. The second-order valence-electron chi connectivity index (χ2n) is 19.9. The van der Waals surface area contributed by atoms with E-state index in [0.717, 1.165) is 55.7 Å². The minimum atomic E-state index is -3.60. The van der Waals surface area contributed by atoms with Gasteiger partial charge in [-0.1, -0.05) is 32.9 Å². The molecule has 9 rings (SSSR count). The van der Waals surface area contributed by atoms with Gasteiger partial charge in [0.15, 0.2) is 0 Å². The first-order valence-electron chi connectivity index (χ1n) is 25.1. The van der Waals surface area contributed by atoms with Gasteiger partial charge in [0.1, 0.15) is 33.9 Å². The van der Waals surface area contributed by atoms with Crippen molar-refractivity contribution in [2.24, 2.45) is 28.2 Å². The molecule has 5 heterocycles. The van der Waals surface area contributed by atoms with E-state index in [2.05, 4.69) is 20.1 Å². The van der Waals surface area contributed by atoms with Crippen molar-refractivity contribution in [3.8, 4) is 11.4 Å². The summed E-state index contributed by atoms with van der Waals surface area (Å²) in [6, 6.07) is 20.9. The van der Waals surface area contributed by atoms with Gasteiger partial charge >= 0.3 is 62.8 Å². The Morgan fingerprint density at radius 1 is 0.600 bits per heavy atom. The number of aromatic nitrogens is 6. The van der Waals surface area contributed by atoms with Gasteiger partial charge in [0.2, 0.25) is 20.0 Å². The molecule has 0 bridgehead atoms. The molecule has 0 spiro atoms. The molecule has 0 radical (unpaired) electrons. The van der Waals surface area contributed by atoms with E-state index in [-0.39, 0.29) is 124 Å². The SMILES string of the molecule is C1CCOC1.CC(C)(C)[O-].CO.Cc1c(=O)n(C)c(Nc2ccc(I)cc2F)c2c(=O)n(C)c(=O)n(-c3cccc(NS(C)(=O)=O)c3)c12.Cc1c(Nc2cccc(NS(C)(=O)=O)c2)c2c(=O)n(C)c(=O)n(-c3ccc(I)cc3F)c2n(C)c1=O.[K+]. The van der Waals surface area contributed by atoms with E-state index in [1.54, 1.807) is 51.1 Å². The smallest absolute Gasteiger partial charge is 0.850 e. The molecule has 8 aromatic rings. The normalized spacial score (nSPS) is 12.0. The third-order valence-electron chi connectivity index (χ3n) is 12.0. The van der Waals surface area contributed by atoms with Crippen LogP contribution in [0.25, 0.3) is 33.3 Å². The van der Waals surface area contributed by atoms with Crippen LogP contribution < -0.4 is 110 Å². The van der Waals surface area contributed by atoms with Crippen LogP contribution in [0, 0.1) is 32.6 Å². The van der Waals surface area contributed by atoms with Crippen molar-refractivity contribution in [2.75, 3.05) is 52.9 Å². The summed E-state index contributed by atoms with van der Waals surface area (Å²) in [6.45, 7) is 9.89. The quantitative estimate of drug-likeness (QED) is 0.0972. The first-order chi connectivity index (χ1) is 39.1. The Hall–Kier alpha value is -5.40. The Morgan fingerprint density at radius 3 is 1.58 bits per heavy atom. The van der Waals surface area contributed by atoms with Crippen LogP contribution in [0.15, 0.2) is 114 Å². The van der Waals surface area contributed by atoms with Crippen molar-refractivity contribution in [1.29, 1.82) is 0 Å². The molecule has 23 nitrogen and oxygen atoms in total. The molecule has 1 saturated heterocycles. The van der Waals surface area contributed by atoms with E-state index in [0.29, 0.717) is 12.8 Å². The monoisotopic (exact) mass is 1470 g/mol. The van der Waals surface area contributed by atoms with Crippen LogP contribution in [0.1, 0.15) is 44.7 Å². The summed E-state index contributed by atoms with van der Waals surface area (Å²) in [7, 11) is -0.751. The Balaban J connectivity index is 0.000000302. The number of sulfonamides is 2. The number of halogens is 4. The molecule has 0 saturated carbocycles. The number of aliphatic hydroxyl groups excluding tert-OH is 1. The zero-order chi connectivity index (χ0) is 63.1. The summed E-state index contributed by atoms with van der Waals surface area (Å²) in [4.78, 5) is 79.6. The largest absolute Gasteiger partial charge is 1.00 e. The molecule has 4 aromatic heterocycles. The van der Waals surface area contributed by atoms with Gasteiger partial charge in [-0.3, -0.25) is 51.5 Å². The van der Waals surface area contributed by atoms with Crippen LogP contribution in [0.3, 0.4) is 0 Å². The Morgan fingerprint density at radius 2 is 1.07 bits per heavy atom. The zero-order valence-corrected chi connectivity index (χ0v) is 57.8.